The van der Waals surface area contributed by atoms with Crippen LogP contribution in [0.1, 0.15) is 18.2 Å². The highest BCUT2D eigenvalue weighted by atomic mass is 79.9. The first kappa shape index (κ1) is 10.7. The summed E-state index contributed by atoms with van der Waals surface area (Å²) in [5.74, 6) is 0.687. The lowest BCUT2D eigenvalue weighted by Gasteiger charge is -2.14. The van der Waals surface area contributed by atoms with Crippen LogP contribution < -0.4 is 0 Å². The van der Waals surface area contributed by atoms with Gasteiger partial charge < -0.3 is 4.74 Å². The highest BCUT2D eigenvalue weighted by molar-refractivity contribution is 9.09. The number of thiophene rings is 1. The molecule has 1 saturated heterocycles. The Kier molecular flexibility index (Phi) is 3.63. The maximum absolute atomic E-state index is 5.58. The summed E-state index contributed by atoms with van der Waals surface area (Å²) in [6.07, 6.45) is 2.78. The van der Waals surface area contributed by atoms with E-state index in [1.54, 1.807) is 0 Å². The quantitative estimate of drug-likeness (QED) is 0.767. The minimum atomic E-state index is 0.448. The van der Waals surface area contributed by atoms with Crippen LogP contribution in [-0.2, 0) is 11.2 Å². The van der Waals surface area contributed by atoms with Crippen LogP contribution in [0, 0.1) is 5.92 Å². The third-order valence-electron chi connectivity index (χ3n) is 2.72. The predicted octanol–water partition coefficient (Wildman–Crippen LogP) is 3.48. The van der Waals surface area contributed by atoms with Gasteiger partial charge in [0.05, 0.1) is 12.7 Å². The number of halogens is 1. The lowest BCUT2D eigenvalue weighted by molar-refractivity contribution is 0.120. The molecular formula is C11H15BrOS. The van der Waals surface area contributed by atoms with Crippen LogP contribution in [0.4, 0.5) is 0 Å². The van der Waals surface area contributed by atoms with Crippen LogP contribution >= 0.6 is 27.3 Å². The minimum Gasteiger partial charge on any atom is -0.378 e. The van der Waals surface area contributed by atoms with E-state index in [0.29, 0.717) is 16.8 Å². The Morgan fingerprint density at radius 1 is 1.71 bits per heavy atom. The molecule has 1 nitrogen and oxygen atoms in total. The van der Waals surface area contributed by atoms with Crippen molar-refractivity contribution in [2.24, 2.45) is 5.92 Å². The van der Waals surface area contributed by atoms with Gasteiger partial charge in [0.2, 0.25) is 0 Å². The second-order valence-corrected chi connectivity index (χ2v) is 6.15. The largest absolute Gasteiger partial charge is 0.378 e. The molecule has 0 amide bonds. The molecular weight excluding hydrogens is 260 g/mol. The van der Waals surface area contributed by atoms with E-state index in [1.165, 1.54) is 11.3 Å². The van der Waals surface area contributed by atoms with Gasteiger partial charge in [-0.1, -0.05) is 22.0 Å². The summed E-state index contributed by atoms with van der Waals surface area (Å²) in [5, 5.41) is 2.14. The molecule has 14 heavy (non-hydrogen) atoms. The van der Waals surface area contributed by atoms with Crippen molar-refractivity contribution < 1.29 is 4.74 Å². The van der Waals surface area contributed by atoms with Crippen molar-refractivity contribution in [3.8, 4) is 0 Å². The van der Waals surface area contributed by atoms with Gasteiger partial charge in [0.15, 0.2) is 0 Å². The number of ether oxygens (including phenoxy) is 1. The Hall–Kier alpha value is 0.140. The van der Waals surface area contributed by atoms with Gasteiger partial charge >= 0.3 is 0 Å². The SMILES string of the molecule is CC1CC(C(Br)Cc2cccs2)CO1. The normalized spacial score (nSPS) is 29.3. The number of rotatable bonds is 3. The molecule has 0 bridgehead atoms. The smallest absolute Gasteiger partial charge is 0.0551 e. The van der Waals surface area contributed by atoms with E-state index in [0.717, 1.165) is 13.0 Å². The zero-order chi connectivity index (χ0) is 9.97. The summed E-state index contributed by atoms with van der Waals surface area (Å²) >= 11 is 5.62. The van der Waals surface area contributed by atoms with Crippen molar-refractivity contribution in [1.29, 1.82) is 0 Å². The second kappa shape index (κ2) is 4.77. The van der Waals surface area contributed by atoms with Crippen molar-refractivity contribution in [3.05, 3.63) is 22.4 Å². The predicted molar refractivity (Wildman–Crippen MR) is 64.3 cm³/mol. The molecule has 1 aromatic heterocycles. The van der Waals surface area contributed by atoms with Gasteiger partial charge in [-0.2, -0.15) is 0 Å². The van der Waals surface area contributed by atoms with E-state index in [2.05, 4.69) is 40.4 Å². The summed E-state index contributed by atoms with van der Waals surface area (Å²) < 4.78 is 5.58. The van der Waals surface area contributed by atoms with Gasteiger partial charge in [0, 0.05) is 9.70 Å². The zero-order valence-electron chi connectivity index (χ0n) is 8.28. The fourth-order valence-corrected chi connectivity index (χ4v) is 3.59. The van der Waals surface area contributed by atoms with Crippen LogP contribution in [0.25, 0.3) is 0 Å². The first-order chi connectivity index (χ1) is 6.75. The third-order valence-corrected chi connectivity index (χ3v) is 4.69. The first-order valence-corrected chi connectivity index (χ1v) is 6.83. The average molecular weight is 275 g/mol. The van der Waals surface area contributed by atoms with E-state index >= 15 is 0 Å². The van der Waals surface area contributed by atoms with Gasteiger partial charge in [-0.3, -0.25) is 0 Å². The molecule has 78 valence electrons. The number of alkyl halides is 1. The molecule has 1 fully saturated rings. The Balaban J connectivity index is 1.87. The van der Waals surface area contributed by atoms with Crippen molar-refractivity contribution in [1.82, 2.24) is 0 Å². The van der Waals surface area contributed by atoms with Crippen LogP contribution in [0.5, 0.6) is 0 Å². The fourth-order valence-electron chi connectivity index (χ4n) is 1.89. The zero-order valence-corrected chi connectivity index (χ0v) is 10.7. The Morgan fingerprint density at radius 2 is 2.57 bits per heavy atom. The van der Waals surface area contributed by atoms with Gasteiger partial charge in [-0.25, -0.2) is 0 Å². The molecule has 0 aromatic carbocycles. The molecule has 0 aliphatic carbocycles. The summed E-state index contributed by atoms with van der Waals surface area (Å²) in [4.78, 5) is 2.04. The van der Waals surface area contributed by atoms with Gasteiger partial charge in [0.25, 0.3) is 0 Å². The van der Waals surface area contributed by atoms with Crippen molar-refractivity contribution in [3.63, 3.8) is 0 Å². The van der Waals surface area contributed by atoms with E-state index in [-0.39, 0.29) is 0 Å². The van der Waals surface area contributed by atoms with Gasteiger partial charge in [-0.15, -0.1) is 11.3 Å². The molecule has 1 aliphatic heterocycles. The summed E-state index contributed by atoms with van der Waals surface area (Å²) in [6.45, 7) is 3.08. The number of hydrogen-bond donors (Lipinski definition) is 0. The third kappa shape index (κ3) is 2.59. The summed E-state index contributed by atoms with van der Waals surface area (Å²) in [7, 11) is 0. The molecule has 0 N–H and O–H groups in total. The molecule has 3 heteroatoms. The van der Waals surface area contributed by atoms with Crippen molar-refractivity contribution in [2.75, 3.05) is 6.61 Å². The molecule has 2 rings (SSSR count). The minimum absolute atomic E-state index is 0.448. The Labute approximate surface area is 97.6 Å². The maximum Gasteiger partial charge on any atom is 0.0551 e. The highest BCUT2D eigenvalue weighted by Crippen LogP contribution is 2.29. The van der Waals surface area contributed by atoms with Gasteiger partial charge in [0.1, 0.15) is 0 Å². The molecule has 0 spiro atoms. The Morgan fingerprint density at radius 3 is 3.14 bits per heavy atom. The lowest BCUT2D eigenvalue weighted by Crippen LogP contribution is -2.16. The maximum atomic E-state index is 5.58. The molecule has 3 unspecified atom stereocenters. The van der Waals surface area contributed by atoms with E-state index in [1.807, 2.05) is 11.3 Å². The van der Waals surface area contributed by atoms with Crippen LogP contribution in [0.3, 0.4) is 0 Å². The topological polar surface area (TPSA) is 9.23 Å². The first-order valence-electron chi connectivity index (χ1n) is 5.03. The van der Waals surface area contributed by atoms with Crippen molar-refractivity contribution >= 4 is 27.3 Å². The average Bonchev–Trinajstić information content (AvgIpc) is 2.75. The lowest BCUT2D eigenvalue weighted by atomic mass is 10.00. The van der Waals surface area contributed by atoms with E-state index in [9.17, 15) is 0 Å². The van der Waals surface area contributed by atoms with Crippen LogP contribution in [-0.4, -0.2) is 17.5 Å². The molecule has 2 heterocycles. The molecule has 3 atom stereocenters. The Bertz CT molecular complexity index is 273. The second-order valence-electron chi connectivity index (χ2n) is 3.94. The van der Waals surface area contributed by atoms with Gasteiger partial charge in [-0.05, 0) is 37.1 Å². The molecule has 0 radical (unpaired) electrons. The van der Waals surface area contributed by atoms with Crippen LogP contribution in [0.2, 0.25) is 0 Å². The molecule has 1 aliphatic rings. The van der Waals surface area contributed by atoms with Crippen molar-refractivity contribution in [2.45, 2.75) is 30.7 Å². The van der Waals surface area contributed by atoms with Crippen LogP contribution in [0.15, 0.2) is 17.5 Å². The van der Waals surface area contributed by atoms with E-state index < -0.39 is 0 Å². The van der Waals surface area contributed by atoms with E-state index in [4.69, 9.17) is 4.74 Å². The fraction of sp³-hybridized carbons (Fsp3) is 0.636. The standard InChI is InChI=1S/C11H15BrOS/c1-8-5-9(7-13-8)11(12)6-10-3-2-4-14-10/h2-4,8-9,11H,5-7H2,1H3. The summed E-state index contributed by atoms with van der Waals surface area (Å²) in [6, 6.07) is 4.33. The monoisotopic (exact) mass is 274 g/mol. The molecule has 0 saturated carbocycles. The molecule has 1 aromatic rings. The highest BCUT2D eigenvalue weighted by Gasteiger charge is 2.28. The summed E-state index contributed by atoms with van der Waals surface area (Å²) in [5.41, 5.74) is 0. The number of hydrogen-bond acceptors (Lipinski definition) is 2.